The van der Waals surface area contributed by atoms with Crippen LogP contribution in [0.3, 0.4) is 0 Å². The van der Waals surface area contributed by atoms with Crippen molar-refractivity contribution in [1.82, 2.24) is 0 Å². The van der Waals surface area contributed by atoms with Crippen LogP contribution in [0.2, 0.25) is 0 Å². The molecule has 70 valence electrons. The Bertz CT molecular complexity index is 224. The topological polar surface area (TPSA) is 149 Å². The second-order valence-electron chi connectivity index (χ2n) is 0.896. The molecule has 0 atom stereocenters. The molecule has 12 heteroatoms. The Morgan fingerprint density at radius 2 is 0.750 bits per heavy atom. The number of rotatable bonds is 0. The van der Waals surface area contributed by atoms with E-state index in [1.165, 1.54) is 0 Å². The van der Waals surface area contributed by atoms with Gasteiger partial charge in [-0.25, -0.2) is 0 Å². The van der Waals surface area contributed by atoms with Crippen molar-refractivity contribution in [3.8, 4) is 0 Å². The minimum Gasteiger partial charge on any atom is -1.00 e. The largest absolute Gasteiger partial charge is 2.00 e. The molecule has 0 aliphatic heterocycles. The van der Waals surface area contributed by atoms with Crippen LogP contribution in [-0.2, 0) is 20.8 Å². The Hall–Kier alpha value is 2.64. The maximum atomic E-state index is 8.74. The van der Waals surface area contributed by atoms with E-state index in [2.05, 4.69) is 0 Å². The fourth-order valence-corrected chi connectivity index (χ4v) is 0. The summed E-state index contributed by atoms with van der Waals surface area (Å²) < 4.78 is 63.2. The summed E-state index contributed by atoms with van der Waals surface area (Å²) >= 11 is 0. The Balaban J connectivity index is -0.0000000128. The Morgan fingerprint density at radius 1 is 0.750 bits per heavy atom. The predicted octanol–water partition coefficient (Wildman–Crippen LogP) is -4.34. The molecule has 0 aliphatic carbocycles. The zero-order valence-electron chi connectivity index (χ0n) is 8.95. The molecule has 12 heavy (non-hydrogen) atoms. The summed E-state index contributed by atoms with van der Waals surface area (Å²) in [7, 11) is -9.33. The van der Waals surface area contributed by atoms with Gasteiger partial charge in [0, 0.05) is 0 Å². The minimum atomic E-state index is -4.67. The zero-order chi connectivity index (χ0) is 9.00. The first-order valence-corrected chi connectivity index (χ1v) is 4.19. The predicted molar refractivity (Wildman–Crippen MR) is 37.4 cm³/mol. The summed E-state index contributed by atoms with van der Waals surface area (Å²) in [5.74, 6) is 0. The van der Waals surface area contributed by atoms with Gasteiger partial charge in [0.25, 0.3) is 0 Å². The van der Waals surface area contributed by atoms with Crippen LogP contribution in [0.1, 0.15) is 4.28 Å². The molecule has 0 spiro atoms. The van der Waals surface area contributed by atoms with E-state index in [1.54, 1.807) is 0 Å². The van der Waals surface area contributed by atoms with Crippen molar-refractivity contribution in [2.75, 3.05) is 0 Å². The molecule has 0 amide bonds. The van der Waals surface area contributed by atoms with E-state index in [1.807, 2.05) is 0 Å². The molecule has 0 aromatic carbocycles. The molecule has 0 unspecified atom stereocenters. The summed E-state index contributed by atoms with van der Waals surface area (Å²) in [5.41, 5.74) is 0. The fourth-order valence-electron chi connectivity index (χ4n) is 0. The van der Waals surface area contributed by atoms with Crippen molar-refractivity contribution < 1.29 is 90.7 Å². The minimum absolute atomic E-state index is 0. The Kier molecular flexibility index (Phi) is 20.4. The molecule has 0 fully saturated rings. The Labute approximate surface area is 146 Å². The first-order chi connectivity index (χ1) is 4.00. The van der Waals surface area contributed by atoms with E-state index in [0.29, 0.717) is 0 Å². The van der Waals surface area contributed by atoms with Gasteiger partial charge in [-0.2, -0.15) is 16.8 Å². The molecule has 0 rings (SSSR count). The molecule has 0 saturated carbocycles. The number of hydrogen-bond donors (Lipinski definition) is 4. The van der Waals surface area contributed by atoms with Gasteiger partial charge < -0.3 is 4.28 Å². The number of hydrogen-bond acceptors (Lipinski definition) is 4. The van der Waals surface area contributed by atoms with Crippen molar-refractivity contribution >= 4 is 58.5 Å². The molecule has 0 saturated heterocycles. The quantitative estimate of drug-likeness (QED) is 0.256. The third-order valence-corrected chi connectivity index (χ3v) is 0. The van der Waals surface area contributed by atoms with Crippen LogP contribution in [0.5, 0.6) is 0 Å². The maximum absolute atomic E-state index is 8.74. The monoisotopic (exact) mass is 278 g/mol. The van der Waals surface area contributed by atoms with E-state index >= 15 is 0 Å². The molecule has 4 N–H and O–H groups in total. The van der Waals surface area contributed by atoms with Crippen LogP contribution in [0.25, 0.3) is 0 Å². The van der Waals surface area contributed by atoms with Gasteiger partial charge in [0.2, 0.25) is 0 Å². The third kappa shape index (κ3) is 246. The van der Waals surface area contributed by atoms with Crippen LogP contribution in [0.4, 0.5) is 0 Å². The molecule has 0 radical (unpaired) electrons. The van der Waals surface area contributed by atoms with Crippen molar-refractivity contribution in [2.45, 2.75) is 0 Å². The van der Waals surface area contributed by atoms with Crippen LogP contribution in [-0.4, -0.2) is 72.8 Å². The standard InChI is InChI=1S/Ca.K.2H2O4S.3H/c;;2*1-5(2,3)4;;;/h;;2*(H2,1,2,3,4);;;/q+2;+1;;;3*-1. The zero-order valence-corrected chi connectivity index (χ0v) is 12.9. The summed E-state index contributed by atoms with van der Waals surface area (Å²) in [6, 6.07) is 0. The molecular formula is H7CaKO8S2. The van der Waals surface area contributed by atoms with Gasteiger partial charge in [-0.05, 0) is 0 Å². The van der Waals surface area contributed by atoms with E-state index in [0.717, 1.165) is 0 Å². The third-order valence-electron chi connectivity index (χ3n) is 0. The van der Waals surface area contributed by atoms with Crippen molar-refractivity contribution in [1.29, 1.82) is 0 Å². The normalized spacial score (nSPS) is 9.67. The maximum Gasteiger partial charge on any atom is 2.00 e. The van der Waals surface area contributed by atoms with Gasteiger partial charge in [-0.15, -0.1) is 0 Å². The van der Waals surface area contributed by atoms with Crippen LogP contribution in [0.15, 0.2) is 0 Å². The Morgan fingerprint density at radius 3 is 0.750 bits per heavy atom. The van der Waals surface area contributed by atoms with Gasteiger partial charge in [-0.3, -0.25) is 18.2 Å². The fraction of sp³-hybridized carbons (Fsp3) is 0. The van der Waals surface area contributed by atoms with Gasteiger partial charge in [0.05, 0.1) is 0 Å². The van der Waals surface area contributed by atoms with Crippen molar-refractivity contribution in [2.24, 2.45) is 0 Å². The molecule has 0 aromatic rings. The first kappa shape index (κ1) is 24.1. The smallest absolute Gasteiger partial charge is 1.00 e. The van der Waals surface area contributed by atoms with E-state index in [4.69, 9.17) is 35.0 Å². The van der Waals surface area contributed by atoms with E-state index in [9.17, 15) is 0 Å². The molecule has 8 nitrogen and oxygen atoms in total. The average Bonchev–Trinajstić information content (AvgIpc) is 1.12. The van der Waals surface area contributed by atoms with Crippen LogP contribution in [0, 0.1) is 0 Å². The molecule has 0 heterocycles. The van der Waals surface area contributed by atoms with Crippen molar-refractivity contribution in [3.63, 3.8) is 0 Å². The van der Waals surface area contributed by atoms with Gasteiger partial charge in [0.1, 0.15) is 0 Å². The van der Waals surface area contributed by atoms with Gasteiger partial charge in [0.15, 0.2) is 0 Å². The molecule has 0 bridgehead atoms. The summed E-state index contributed by atoms with van der Waals surface area (Å²) in [6.45, 7) is 0. The molecule has 0 aromatic heterocycles. The van der Waals surface area contributed by atoms with Crippen LogP contribution < -0.4 is 51.4 Å². The summed E-state index contributed by atoms with van der Waals surface area (Å²) in [6.07, 6.45) is 0. The van der Waals surface area contributed by atoms with Crippen molar-refractivity contribution in [3.05, 3.63) is 0 Å². The van der Waals surface area contributed by atoms with E-state index < -0.39 is 20.8 Å². The SMILES string of the molecule is O=S(=O)(O)O.O=S(=O)(O)O.[Ca+2].[H-].[H-].[H-].[K+]. The second-order valence-corrected chi connectivity index (χ2v) is 2.69. The van der Waals surface area contributed by atoms with Gasteiger partial charge in [-0.1, -0.05) is 0 Å². The first-order valence-electron chi connectivity index (χ1n) is 1.40. The molecular weight excluding hydrogens is 271 g/mol. The van der Waals surface area contributed by atoms with Crippen LogP contribution >= 0.6 is 0 Å². The average molecular weight is 278 g/mol. The summed E-state index contributed by atoms with van der Waals surface area (Å²) in [4.78, 5) is 0. The van der Waals surface area contributed by atoms with Gasteiger partial charge >= 0.3 is 110 Å². The molecule has 0 aliphatic rings. The summed E-state index contributed by atoms with van der Waals surface area (Å²) in [5, 5.41) is 0. The van der Waals surface area contributed by atoms with E-state index in [-0.39, 0.29) is 93.4 Å². The second kappa shape index (κ2) is 10.2.